The topological polar surface area (TPSA) is 61.4 Å². The van der Waals surface area contributed by atoms with E-state index >= 15 is 0 Å². The van der Waals surface area contributed by atoms with Gasteiger partial charge in [-0.3, -0.25) is 9.69 Å². The summed E-state index contributed by atoms with van der Waals surface area (Å²) in [6.07, 6.45) is 6.39. The van der Waals surface area contributed by atoms with Crippen LogP contribution < -0.4 is 5.32 Å². The van der Waals surface area contributed by atoms with E-state index in [1.807, 2.05) is 11.0 Å². The van der Waals surface area contributed by atoms with E-state index < -0.39 is 0 Å². The Bertz CT molecular complexity index is 794. The highest BCUT2D eigenvalue weighted by molar-refractivity contribution is 5.89. The van der Waals surface area contributed by atoms with Crippen LogP contribution in [0.3, 0.4) is 0 Å². The van der Waals surface area contributed by atoms with E-state index in [-0.39, 0.29) is 5.91 Å². The van der Waals surface area contributed by atoms with Crippen molar-refractivity contribution in [1.82, 2.24) is 19.8 Å². The van der Waals surface area contributed by atoms with Crippen molar-refractivity contribution in [2.45, 2.75) is 51.6 Å². The summed E-state index contributed by atoms with van der Waals surface area (Å²) in [6.45, 7) is 5.70. The predicted octanol–water partition coefficient (Wildman–Crippen LogP) is 3.04. The number of nitrogens with zero attached hydrogens (tertiary/aromatic N) is 4. The lowest BCUT2D eigenvalue weighted by Crippen LogP contribution is -2.47. The van der Waals surface area contributed by atoms with Crippen molar-refractivity contribution in [3.05, 3.63) is 30.1 Å². The highest BCUT2D eigenvalue weighted by Gasteiger charge is 2.21. The van der Waals surface area contributed by atoms with Crippen LogP contribution in [0.25, 0.3) is 10.9 Å². The molecule has 27 heavy (non-hydrogen) atoms. The number of nitrogens with one attached hydrogen (secondary N) is 1. The molecule has 1 N–H and O–H groups in total. The summed E-state index contributed by atoms with van der Waals surface area (Å²) in [5.74, 6) is 2.00. The molecule has 0 spiro atoms. The average molecular weight is 367 g/mol. The van der Waals surface area contributed by atoms with Gasteiger partial charge in [0, 0.05) is 44.5 Å². The van der Waals surface area contributed by atoms with E-state index in [1.165, 1.54) is 32.1 Å². The first-order chi connectivity index (χ1) is 13.2. The molecule has 1 aliphatic heterocycles. The summed E-state index contributed by atoms with van der Waals surface area (Å²) in [4.78, 5) is 25.5. The van der Waals surface area contributed by atoms with Crippen molar-refractivity contribution in [3.8, 4) is 0 Å². The highest BCUT2D eigenvalue weighted by atomic mass is 16.2. The lowest BCUT2D eigenvalue weighted by molar-refractivity contribution is -0.130. The summed E-state index contributed by atoms with van der Waals surface area (Å²) in [6, 6.07) is 8.79. The van der Waals surface area contributed by atoms with Crippen LogP contribution in [0.5, 0.6) is 0 Å². The maximum absolute atomic E-state index is 11.5. The van der Waals surface area contributed by atoms with Crippen LogP contribution in [0, 0.1) is 0 Å². The number of hydrogen-bond acceptors (Lipinski definition) is 5. The SMILES string of the molecule is CC(=O)N1CCN(Cc2nc(NC3CCCCC3)c3ccccc3n2)CC1. The molecule has 1 amide bonds. The van der Waals surface area contributed by atoms with Crippen LogP contribution in [0.1, 0.15) is 44.9 Å². The van der Waals surface area contributed by atoms with E-state index in [0.29, 0.717) is 6.04 Å². The number of benzene rings is 1. The number of fused-ring (bicyclic) bond motifs is 1. The third-order valence-corrected chi connectivity index (χ3v) is 5.78. The second-order valence-corrected chi connectivity index (χ2v) is 7.77. The predicted molar refractivity (Wildman–Crippen MR) is 108 cm³/mol. The fraction of sp³-hybridized carbons (Fsp3) is 0.571. The molecule has 0 atom stereocenters. The first kappa shape index (κ1) is 18.2. The Morgan fingerprint density at radius 3 is 2.56 bits per heavy atom. The zero-order chi connectivity index (χ0) is 18.6. The van der Waals surface area contributed by atoms with Gasteiger partial charge in [0.2, 0.25) is 5.91 Å². The number of carbonyl (C=O) groups excluding carboxylic acids is 1. The standard InChI is InChI=1S/C21H29N5O/c1-16(27)26-13-11-25(12-14-26)15-20-23-19-10-6-5-9-18(19)21(24-20)22-17-7-3-2-4-8-17/h5-6,9-10,17H,2-4,7-8,11-15H2,1H3,(H,22,23,24). The maximum atomic E-state index is 11.5. The lowest BCUT2D eigenvalue weighted by atomic mass is 9.95. The first-order valence-electron chi connectivity index (χ1n) is 10.2. The Balaban J connectivity index is 1.51. The maximum Gasteiger partial charge on any atom is 0.219 e. The average Bonchev–Trinajstić information content (AvgIpc) is 2.69. The van der Waals surface area contributed by atoms with Gasteiger partial charge in [-0.15, -0.1) is 0 Å². The lowest BCUT2D eigenvalue weighted by Gasteiger charge is -2.33. The van der Waals surface area contributed by atoms with E-state index in [2.05, 4.69) is 28.4 Å². The Morgan fingerprint density at radius 2 is 1.81 bits per heavy atom. The Morgan fingerprint density at radius 1 is 1.07 bits per heavy atom. The monoisotopic (exact) mass is 367 g/mol. The molecule has 2 fully saturated rings. The van der Waals surface area contributed by atoms with E-state index in [4.69, 9.17) is 9.97 Å². The molecular weight excluding hydrogens is 338 g/mol. The molecule has 6 nitrogen and oxygen atoms in total. The van der Waals surface area contributed by atoms with Crippen molar-refractivity contribution < 1.29 is 4.79 Å². The second-order valence-electron chi connectivity index (χ2n) is 7.77. The molecule has 0 unspecified atom stereocenters. The van der Waals surface area contributed by atoms with Crippen LogP contribution in [-0.2, 0) is 11.3 Å². The van der Waals surface area contributed by atoms with Gasteiger partial charge in [-0.05, 0) is 25.0 Å². The third kappa shape index (κ3) is 4.38. The molecule has 6 heteroatoms. The quantitative estimate of drug-likeness (QED) is 0.900. The number of carbonyl (C=O) groups is 1. The second kappa shape index (κ2) is 8.21. The number of anilines is 1. The molecule has 2 aromatic rings. The molecule has 2 heterocycles. The fourth-order valence-corrected chi connectivity index (χ4v) is 4.17. The van der Waals surface area contributed by atoms with Gasteiger partial charge in [-0.25, -0.2) is 9.97 Å². The molecule has 1 saturated heterocycles. The molecule has 1 aromatic heterocycles. The van der Waals surface area contributed by atoms with Crippen LogP contribution in [0.2, 0.25) is 0 Å². The summed E-state index contributed by atoms with van der Waals surface area (Å²) in [5.41, 5.74) is 1.00. The summed E-state index contributed by atoms with van der Waals surface area (Å²) < 4.78 is 0. The Hall–Kier alpha value is -2.21. The molecule has 0 bridgehead atoms. The summed E-state index contributed by atoms with van der Waals surface area (Å²) in [7, 11) is 0. The summed E-state index contributed by atoms with van der Waals surface area (Å²) >= 11 is 0. The van der Waals surface area contributed by atoms with Crippen molar-refractivity contribution in [2.75, 3.05) is 31.5 Å². The van der Waals surface area contributed by atoms with Crippen molar-refractivity contribution in [2.24, 2.45) is 0 Å². The number of rotatable bonds is 4. The van der Waals surface area contributed by atoms with Crippen LogP contribution in [0.4, 0.5) is 5.82 Å². The van der Waals surface area contributed by atoms with E-state index in [1.54, 1.807) is 6.92 Å². The van der Waals surface area contributed by atoms with Crippen molar-refractivity contribution >= 4 is 22.6 Å². The van der Waals surface area contributed by atoms with E-state index in [0.717, 1.165) is 55.3 Å². The Labute approximate surface area is 161 Å². The summed E-state index contributed by atoms with van der Waals surface area (Å²) in [5, 5.41) is 4.81. The molecule has 2 aliphatic rings. The van der Waals surface area contributed by atoms with Gasteiger partial charge in [-0.1, -0.05) is 31.4 Å². The fourth-order valence-electron chi connectivity index (χ4n) is 4.17. The number of para-hydroxylation sites is 1. The van der Waals surface area contributed by atoms with Crippen molar-refractivity contribution in [1.29, 1.82) is 0 Å². The molecule has 1 aromatic carbocycles. The van der Waals surface area contributed by atoms with Gasteiger partial charge in [0.05, 0.1) is 12.1 Å². The van der Waals surface area contributed by atoms with Crippen LogP contribution in [0.15, 0.2) is 24.3 Å². The third-order valence-electron chi connectivity index (χ3n) is 5.78. The van der Waals surface area contributed by atoms with Gasteiger partial charge in [0.25, 0.3) is 0 Å². The number of amides is 1. The van der Waals surface area contributed by atoms with Gasteiger partial charge in [-0.2, -0.15) is 0 Å². The minimum Gasteiger partial charge on any atom is -0.367 e. The molecular formula is C21H29N5O. The minimum atomic E-state index is 0.163. The first-order valence-corrected chi connectivity index (χ1v) is 10.2. The van der Waals surface area contributed by atoms with E-state index in [9.17, 15) is 4.79 Å². The molecule has 144 valence electrons. The van der Waals surface area contributed by atoms with Crippen LogP contribution >= 0.6 is 0 Å². The highest BCUT2D eigenvalue weighted by Crippen LogP contribution is 2.26. The largest absolute Gasteiger partial charge is 0.367 e. The number of hydrogen-bond donors (Lipinski definition) is 1. The molecule has 1 aliphatic carbocycles. The van der Waals surface area contributed by atoms with Gasteiger partial charge >= 0.3 is 0 Å². The minimum absolute atomic E-state index is 0.163. The van der Waals surface area contributed by atoms with Crippen LogP contribution in [-0.4, -0.2) is 57.9 Å². The number of aromatic nitrogens is 2. The number of piperazine rings is 1. The molecule has 1 saturated carbocycles. The smallest absolute Gasteiger partial charge is 0.219 e. The van der Waals surface area contributed by atoms with Crippen molar-refractivity contribution in [3.63, 3.8) is 0 Å². The zero-order valence-corrected chi connectivity index (χ0v) is 16.2. The molecule has 0 radical (unpaired) electrons. The normalized spacial score (nSPS) is 19.4. The van der Waals surface area contributed by atoms with Gasteiger partial charge in [0.1, 0.15) is 11.6 Å². The van der Waals surface area contributed by atoms with Gasteiger partial charge < -0.3 is 10.2 Å². The zero-order valence-electron chi connectivity index (χ0n) is 16.2. The Kier molecular flexibility index (Phi) is 5.53. The molecule has 4 rings (SSSR count). The van der Waals surface area contributed by atoms with Gasteiger partial charge in [0.15, 0.2) is 0 Å².